The Kier molecular flexibility index (Phi) is 7.66. The predicted molar refractivity (Wildman–Crippen MR) is 84.8 cm³/mol. The lowest BCUT2D eigenvalue weighted by atomic mass is 10.0. The number of nitrogens with one attached hydrogen (secondary N) is 1. The van der Waals surface area contributed by atoms with Crippen molar-refractivity contribution in [2.45, 2.75) is 43.1 Å². The molecule has 0 aliphatic rings. The van der Waals surface area contributed by atoms with Crippen molar-refractivity contribution in [3.05, 3.63) is 29.8 Å². The largest absolute Gasteiger partial charge is 0.394 e. The normalized spacial score (nSPS) is 16.3. The van der Waals surface area contributed by atoms with Gasteiger partial charge < -0.3 is 25.7 Å². The molecule has 128 valence electrons. The topological polar surface area (TPSA) is 127 Å². The van der Waals surface area contributed by atoms with Crippen LogP contribution >= 0.6 is 11.8 Å². The number of hydrogen-bond acceptors (Lipinski definition) is 7. The molecule has 1 rings (SSSR count). The maximum Gasteiger partial charge on any atom is 0.218 e. The third kappa shape index (κ3) is 5.60. The van der Waals surface area contributed by atoms with E-state index < -0.39 is 42.0 Å². The Balaban J connectivity index is 2.94. The van der Waals surface area contributed by atoms with Crippen molar-refractivity contribution in [1.29, 1.82) is 0 Å². The summed E-state index contributed by atoms with van der Waals surface area (Å²) in [7, 11) is 0. The van der Waals surface area contributed by atoms with E-state index in [4.69, 9.17) is 5.11 Å². The van der Waals surface area contributed by atoms with Gasteiger partial charge in [-0.05, 0) is 30.3 Å². The fourth-order valence-corrected chi connectivity index (χ4v) is 2.80. The number of hydrogen-bond donors (Lipinski definition) is 5. The van der Waals surface area contributed by atoms with Gasteiger partial charge in [0.05, 0.1) is 6.61 Å². The summed E-state index contributed by atoms with van der Waals surface area (Å²) < 4.78 is 0. The summed E-state index contributed by atoms with van der Waals surface area (Å²) in [5, 5.41) is 39.8. The Morgan fingerprint density at radius 2 is 1.78 bits per heavy atom. The van der Waals surface area contributed by atoms with Gasteiger partial charge >= 0.3 is 0 Å². The van der Waals surface area contributed by atoms with Crippen LogP contribution in [0.3, 0.4) is 0 Å². The molecule has 0 saturated carbocycles. The summed E-state index contributed by atoms with van der Waals surface area (Å²) in [6.45, 7) is 2.19. The van der Waals surface area contributed by atoms with Crippen LogP contribution in [-0.2, 0) is 9.59 Å². The molecule has 0 fully saturated rings. The molecule has 0 saturated heterocycles. The first-order chi connectivity index (χ1) is 10.8. The van der Waals surface area contributed by atoms with Crippen molar-refractivity contribution in [2.75, 3.05) is 6.61 Å². The number of aliphatic hydroxyl groups is 4. The lowest BCUT2D eigenvalue weighted by molar-refractivity contribution is -0.131. The van der Waals surface area contributed by atoms with Crippen LogP contribution < -0.4 is 5.32 Å². The van der Waals surface area contributed by atoms with Crippen molar-refractivity contribution in [3.63, 3.8) is 0 Å². The van der Waals surface area contributed by atoms with Crippen molar-refractivity contribution in [3.8, 4) is 0 Å². The average molecular weight is 343 g/mol. The molecule has 1 aromatic rings. The van der Waals surface area contributed by atoms with Crippen LogP contribution in [-0.4, -0.2) is 62.4 Å². The molecule has 23 heavy (non-hydrogen) atoms. The second-order valence-electron chi connectivity index (χ2n) is 5.10. The van der Waals surface area contributed by atoms with E-state index in [0.29, 0.717) is 4.90 Å². The Bertz CT molecular complexity index is 553. The lowest BCUT2D eigenvalue weighted by Gasteiger charge is -2.28. The number of carbonyl (C=O) groups is 2. The molecule has 0 aliphatic carbocycles. The van der Waals surface area contributed by atoms with Crippen molar-refractivity contribution in [2.24, 2.45) is 0 Å². The maximum absolute atomic E-state index is 12.4. The maximum atomic E-state index is 12.4. The minimum atomic E-state index is -1.78. The van der Waals surface area contributed by atoms with Crippen LogP contribution in [0.2, 0.25) is 0 Å². The van der Waals surface area contributed by atoms with Gasteiger partial charge in [-0.2, -0.15) is 0 Å². The standard InChI is InChI=1S/C15H21NO6S/c1-8-5-3-4-6-11(8)23-15(22)12(16-9(2)18)14(21)13(20)10(19)7-17/h3-6,10,12-14,17,19-21H,7H2,1-2H3,(H,16,18)/t10-,12-,13-,14-/m1/s1. The second-order valence-corrected chi connectivity index (χ2v) is 6.14. The zero-order valence-corrected chi connectivity index (χ0v) is 13.7. The van der Waals surface area contributed by atoms with E-state index in [9.17, 15) is 24.9 Å². The number of thioether (sulfide) groups is 1. The number of amides is 1. The number of benzene rings is 1. The predicted octanol–water partition coefficient (Wildman–Crippen LogP) is -0.807. The molecule has 1 aromatic carbocycles. The van der Waals surface area contributed by atoms with E-state index in [1.807, 2.05) is 19.1 Å². The minimum absolute atomic E-state index is 0.571. The highest BCUT2D eigenvalue weighted by Gasteiger charge is 2.36. The van der Waals surface area contributed by atoms with E-state index in [1.54, 1.807) is 12.1 Å². The van der Waals surface area contributed by atoms with Gasteiger partial charge in [0.1, 0.15) is 24.4 Å². The van der Waals surface area contributed by atoms with E-state index in [0.717, 1.165) is 17.3 Å². The molecular formula is C15H21NO6S. The van der Waals surface area contributed by atoms with Gasteiger partial charge in [0, 0.05) is 11.8 Å². The zero-order valence-electron chi connectivity index (χ0n) is 12.8. The van der Waals surface area contributed by atoms with Crippen molar-refractivity contribution in [1.82, 2.24) is 5.32 Å². The van der Waals surface area contributed by atoms with E-state index in [2.05, 4.69) is 5.32 Å². The number of aryl methyl sites for hydroxylation is 1. The smallest absolute Gasteiger partial charge is 0.218 e. The Morgan fingerprint density at radius 3 is 2.30 bits per heavy atom. The fraction of sp³-hybridized carbons (Fsp3) is 0.467. The van der Waals surface area contributed by atoms with Crippen molar-refractivity contribution >= 4 is 22.8 Å². The molecule has 4 atom stereocenters. The molecule has 5 N–H and O–H groups in total. The number of rotatable bonds is 7. The highest BCUT2D eigenvalue weighted by Crippen LogP contribution is 2.25. The monoisotopic (exact) mass is 343 g/mol. The molecule has 0 radical (unpaired) electrons. The van der Waals surface area contributed by atoms with Gasteiger partial charge in [0.25, 0.3) is 0 Å². The minimum Gasteiger partial charge on any atom is -0.394 e. The first-order valence-electron chi connectivity index (χ1n) is 6.97. The fourth-order valence-electron chi connectivity index (χ4n) is 1.88. The summed E-state index contributed by atoms with van der Waals surface area (Å²) in [6.07, 6.45) is -5.17. The van der Waals surface area contributed by atoms with Gasteiger partial charge in [0.15, 0.2) is 0 Å². The third-order valence-electron chi connectivity index (χ3n) is 3.19. The summed E-state index contributed by atoms with van der Waals surface area (Å²) >= 11 is 0.816. The van der Waals surface area contributed by atoms with Crippen LogP contribution in [0.25, 0.3) is 0 Å². The van der Waals surface area contributed by atoms with Gasteiger partial charge in [-0.3, -0.25) is 9.59 Å². The summed E-state index contributed by atoms with van der Waals surface area (Å²) in [4.78, 5) is 24.3. The highest BCUT2D eigenvalue weighted by atomic mass is 32.2. The van der Waals surface area contributed by atoms with Crippen molar-refractivity contribution < 1.29 is 30.0 Å². The molecule has 0 heterocycles. The highest BCUT2D eigenvalue weighted by molar-refractivity contribution is 8.13. The Labute approximate surface area is 138 Å². The molecule has 8 heteroatoms. The number of carbonyl (C=O) groups excluding carboxylic acids is 2. The van der Waals surface area contributed by atoms with Crippen LogP contribution in [0.4, 0.5) is 0 Å². The lowest BCUT2D eigenvalue weighted by Crippen LogP contribution is -2.55. The molecule has 0 spiro atoms. The van der Waals surface area contributed by atoms with Gasteiger partial charge in [-0.25, -0.2) is 0 Å². The van der Waals surface area contributed by atoms with E-state index >= 15 is 0 Å². The van der Waals surface area contributed by atoms with Gasteiger partial charge in [0.2, 0.25) is 11.0 Å². The second kappa shape index (κ2) is 8.99. The van der Waals surface area contributed by atoms with Crippen LogP contribution in [0, 0.1) is 6.92 Å². The molecule has 0 bridgehead atoms. The molecular weight excluding hydrogens is 322 g/mol. The van der Waals surface area contributed by atoms with Crippen LogP contribution in [0.15, 0.2) is 29.2 Å². The molecule has 0 aliphatic heterocycles. The average Bonchev–Trinajstić information content (AvgIpc) is 2.52. The summed E-state index contributed by atoms with van der Waals surface area (Å²) in [5.41, 5.74) is 0.845. The molecule has 0 aromatic heterocycles. The van der Waals surface area contributed by atoms with E-state index in [-0.39, 0.29) is 0 Å². The number of aliphatic hydroxyl groups excluding tert-OH is 4. The summed E-state index contributed by atoms with van der Waals surface area (Å²) in [6, 6.07) is 5.66. The quantitative estimate of drug-likeness (QED) is 0.410. The Morgan fingerprint density at radius 1 is 1.17 bits per heavy atom. The van der Waals surface area contributed by atoms with Crippen LogP contribution in [0.1, 0.15) is 12.5 Å². The first-order valence-corrected chi connectivity index (χ1v) is 7.79. The third-order valence-corrected chi connectivity index (χ3v) is 4.32. The zero-order chi connectivity index (χ0) is 17.6. The van der Waals surface area contributed by atoms with E-state index in [1.165, 1.54) is 6.92 Å². The molecule has 1 amide bonds. The molecule has 0 unspecified atom stereocenters. The SMILES string of the molecule is CC(=O)N[C@@H](C(=O)Sc1ccccc1C)[C@@H](O)[C@H](O)[C@H](O)CO. The van der Waals surface area contributed by atoms with Gasteiger partial charge in [-0.1, -0.05) is 18.2 Å². The summed E-state index contributed by atoms with van der Waals surface area (Å²) in [5.74, 6) is -0.571. The molecule has 7 nitrogen and oxygen atoms in total. The first kappa shape index (κ1) is 19.6. The Hall–Kier alpha value is -1.45. The van der Waals surface area contributed by atoms with Gasteiger partial charge in [-0.15, -0.1) is 0 Å². The van der Waals surface area contributed by atoms with Crippen LogP contribution in [0.5, 0.6) is 0 Å².